The van der Waals surface area contributed by atoms with E-state index in [1.807, 2.05) is 6.07 Å². The molecule has 1 aliphatic heterocycles. The molecule has 0 radical (unpaired) electrons. The van der Waals surface area contributed by atoms with E-state index in [1.54, 1.807) is 12.1 Å². The SMILES string of the molecule is CC1Cc2cc(F)ccc2C12CCNC2. The quantitative estimate of drug-likeness (QED) is 0.685. The molecule has 1 saturated heterocycles. The Morgan fingerprint density at radius 3 is 3.07 bits per heavy atom. The second-order valence-corrected chi connectivity index (χ2v) is 4.99. The molecule has 3 rings (SSSR count). The van der Waals surface area contributed by atoms with E-state index in [1.165, 1.54) is 17.5 Å². The molecule has 80 valence electrons. The predicted octanol–water partition coefficient (Wildman–Crippen LogP) is 2.25. The third-order valence-corrected chi connectivity index (χ3v) is 4.26. The zero-order chi connectivity index (χ0) is 10.5. The van der Waals surface area contributed by atoms with Gasteiger partial charge in [0.2, 0.25) is 0 Å². The van der Waals surface area contributed by atoms with Crippen LogP contribution in [-0.2, 0) is 11.8 Å². The third kappa shape index (κ3) is 1.18. The molecule has 15 heavy (non-hydrogen) atoms. The monoisotopic (exact) mass is 205 g/mol. The summed E-state index contributed by atoms with van der Waals surface area (Å²) in [6.07, 6.45) is 2.24. The van der Waals surface area contributed by atoms with Gasteiger partial charge in [0.15, 0.2) is 0 Å². The highest BCUT2D eigenvalue weighted by Crippen LogP contribution is 2.47. The molecule has 2 unspecified atom stereocenters. The molecule has 0 aromatic heterocycles. The van der Waals surface area contributed by atoms with Crippen LogP contribution in [0.25, 0.3) is 0 Å². The van der Waals surface area contributed by atoms with Gasteiger partial charge >= 0.3 is 0 Å². The molecule has 0 saturated carbocycles. The van der Waals surface area contributed by atoms with Gasteiger partial charge in [0, 0.05) is 12.0 Å². The van der Waals surface area contributed by atoms with Gasteiger partial charge in [-0.1, -0.05) is 13.0 Å². The molecule has 0 bridgehead atoms. The number of hydrogen-bond donors (Lipinski definition) is 1. The van der Waals surface area contributed by atoms with Crippen molar-refractivity contribution in [1.82, 2.24) is 5.32 Å². The Hall–Kier alpha value is -0.890. The van der Waals surface area contributed by atoms with Crippen LogP contribution in [0.4, 0.5) is 4.39 Å². The summed E-state index contributed by atoms with van der Waals surface area (Å²) < 4.78 is 13.1. The maximum atomic E-state index is 13.1. The summed E-state index contributed by atoms with van der Waals surface area (Å²) in [5.74, 6) is 0.549. The second-order valence-electron chi connectivity index (χ2n) is 4.99. The minimum Gasteiger partial charge on any atom is -0.316 e. The molecule has 2 atom stereocenters. The van der Waals surface area contributed by atoms with Crippen molar-refractivity contribution < 1.29 is 4.39 Å². The summed E-state index contributed by atoms with van der Waals surface area (Å²) in [6, 6.07) is 5.33. The van der Waals surface area contributed by atoms with Crippen LogP contribution in [0.3, 0.4) is 0 Å². The van der Waals surface area contributed by atoms with Crippen LogP contribution in [0.1, 0.15) is 24.5 Å². The lowest BCUT2D eigenvalue weighted by Crippen LogP contribution is -2.32. The van der Waals surface area contributed by atoms with Crippen LogP contribution in [0.2, 0.25) is 0 Å². The largest absolute Gasteiger partial charge is 0.316 e. The van der Waals surface area contributed by atoms with Crippen LogP contribution in [0.5, 0.6) is 0 Å². The van der Waals surface area contributed by atoms with Crippen molar-refractivity contribution in [2.75, 3.05) is 13.1 Å². The topological polar surface area (TPSA) is 12.0 Å². The van der Waals surface area contributed by atoms with E-state index in [0.29, 0.717) is 11.3 Å². The van der Waals surface area contributed by atoms with Crippen LogP contribution in [0, 0.1) is 11.7 Å². The standard InChI is InChI=1S/C13H16FN/c1-9-6-10-7-11(14)2-3-12(10)13(9)4-5-15-8-13/h2-3,7,9,15H,4-6,8H2,1H3. The summed E-state index contributed by atoms with van der Waals surface area (Å²) in [4.78, 5) is 0. The molecule has 1 fully saturated rings. The van der Waals surface area contributed by atoms with Gasteiger partial charge in [0.25, 0.3) is 0 Å². The molecule has 2 aliphatic rings. The van der Waals surface area contributed by atoms with Gasteiger partial charge < -0.3 is 5.32 Å². The van der Waals surface area contributed by atoms with E-state index in [9.17, 15) is 4.39 Å². The number of benzene rings is 1. The van der Waals surface area contributed by atoms with Crippen molar-refractivity contribution in [2.24, 2.45) is 5.92 Å². The maximum Gasteiger partial charge on any atom is 0.123 e. The fraction of sp³-hybridized carbons (Fsp3) is 0.538. The lowest BCUT2D eigenvalue weighted by Gasteiger charge is -2.29. The maximum absolute atomic E-state index is 13.1. The van der Waals surface area contributed by atoms with E-state index in [0.717, 1.165) is 19.5 Å². The number of nitrogens with one attached hydrogen (secondary N) is 1. The molecule has 1 aromatic carbocycles. The normalized spacial score (nSPS) is 33.6. The number of rotatable bonds is 0. The van der Waals surface area contributed by atoms with Crippen molar-refractivity contribution in [3.8, 4) is 0 Å². The Bertz CT molecular complexity index is 394. The van der Waals surface area contributed by atoms with Crippen LogP contribution in [0.15, 0.2) is 18.2 Å². The molecule has 1 N–H and O–H groups in total. The van der Waals surface area contributed by atoms with Crippen molar-refractivity contribution in [1.29, 1.82) is 0 Å². The molecule has 2 heteroatoms. The highest BCUT2D eigenvalue weighted by atomic mass is 19.1. The first-order valence-electron chi connectivity index (χ1n) is 5.72. The molecular formula is C13H16FN. The summed E-state index contributed by atoms with van der Waals surface area (Å²) in [5, 5.41) is 3.45. The number of hydrogen-bond acceptors (Lipinski definition) is 1. The first-order chi connectivity index (χ1) is 7.22. The summed E-state index contributed by atoms with van der Waals surface area (Å²) in [7, 11) is 0. The number of halogens is 1. The lowest BCUT2D eigenvalue weighted by molar-refractivity contribution is 0.344. The van der Waals surface area contributed by atoms with Crippen molar-refractivity contribution >= 4 is 0 Å². The first-order valence-corrected chi connectivity index (χ1v) is 5.72. The van der Waals surface area contributed by atoms with Gasteiger partial charge in [-0.15, -0.1) is 0 Å². The Morgan fingerprint density at radius 1 is 1.47 bits per heavy atom. The van der Waals surface area contributed by atoms with Gasteiger partial charge in [0.05, 0.1) is 0 Å². The molecule has 1 aromatic rings. The van der Waals surface area contributed by atoms with Gasteiger partial charge in [-0.3, -0.25) is 0 Å². The Morgan fingerprint density at radius 2 is 2.33 bits per heavy atom. The van der Waals surface area contributed by atoms with Gasteiger partial charge in [-0.25, -0.2) is 4.39 Å². The van der Waals surface area contributed by atoms with Crippen molar-refractivity contribution in [2.45, 2.75) is 25.2 Å². The lowest BCUT2D eigenvalue weighted by atomic mass is 9.75. The van der Waals surface area contributed by atoms with Crippen LogP contribution < -0.4 is 5.32 Å². The van der Waals surface area contributed by atoms with Crippen molar-refractivity contribution in [3.05, 3.63) is 35.1 Å². The third-order valence-electron chi connectivity index (χ3n) is 4.26. The molecule has 1 heterocycles. The Balaban J connectivity index is 2.13. The van der Waals surface area contributed by atoms with E-state index in [-0.39, 0.29) is 5.82 Å². The van der Waals surface area contributed by atoms with Crippen LogP contribution in [-0.4, -0.2) is 13.1 Å². The minimum absolute atomic E-state index is 0.0936. The minimum atomic E-state index is -0.0936. The summed E-state index contributed by atoms with van der Waals surface area (Å²) >= 11 is 0. The Labute approximate surface area is 89.7 Å². The molecule has 0 amide bonds. The Kier molecular flexibility index (Phi) is 1.90. The van der Waals surface area contributed by atoms with Crippen LogP contribution >= 0.6 is 0 Å². The zero-order valence-corrected chi connectivity index (χ0v) is 9.02. The van der Waals surface area contributed by atoms with Gasteiger partial charge in [0.1, 0.15) is 5.82 Å². The number of fused-ring (bicyclic) bond motifs is 2. The van der Waals surface area contributed by atoms with Crippen molar-refractivity contribution in [3.63, 3.8) is 0 Å². The average Bonchev–Trinajstić information content (AvgIpc) is 2.76. The van der Waals surface area contributed by atoms with E-state index >= 15 is 0 Å². The average molecular weight is 205 g/mol. The molecule has 1 spiro atoms. The summed E-state index contributed by atoms with van der Waals surface area (Å²) in [5.41, 5.74) is 2.91. The van der Waals surface area contributed by atoms with Gasteiger partial charge in [-0.05, 0) is 48.6 Å². The van der Waals surface area contributed by atoms with E-state index < -0.39 is 0 Å². The van der Waals surface area contributed by atoms with Gasteiger partial charge in [-0.2, -0.15) is 0 Å². The molecule has 1 aliphatic carbocycles. The predicted molar refractivity (Wildman–Crippen MR) is 58.4 cm³/mol. The smallest absolute Gasteiger partial charge is 0.123 e. The highest BCUT2D eigenvalue weighted by Gasteiger charge is 2.46. The fourth-order valence-electron chi connectivity index (χ4n) is 3.37. The summed E-state index contributed by atoms with van der Waals surface area (Å²) in [6.45, 7) is 4.46. The first kappa shape index (κ1) is 9.34. The highest BCUT2D eigenvalue weighted by molar-refractivity contribution is 5.42. The fourth-order valence-corrected chi connectivity index (χ4v) is 3.37. The molecular weight excluding hydrogens is 189 g/mol. The molecule has 1 nitrogen and oxygen atoms in total. The van der Waals surface area contributed by atoms with E-state index in [4.69, 9.17) is 0 Å². The van der Waals surface area contributed by atoms with E-state index in [2.05, 4.69) is 12.2 Å². The zero-order valence-electron chi connectivity index (χ0n) is 9.02. The second kappa shape index (κ2) is 3.05.